The van der Waals surface area contributed by atoms with Crippen LogP contribution in [-0.2, 0) is 24.6 Å². The molecule has 2 aromatic carbocycles. The van der Waals surface area contributed by atoms with Crippen molar-refractivity contribution in [1.82, 2.24) is 4.31 Å². The summed E-state index contributed by atoms with van der Waals surface area (Å²) >= 11 is 0. The van der Waals surface area contributed by atoms with Crippen molar-refractivity contribution in [3.8, 4) is 0 Å². The second kappa shape index (κ2) is 9.07. The first-order valence-electron chi connectivity index (χ1n) is 9.87. The smallest absolute Gasteiger partial charge is 0.255 e. The zero-order valence-electron chi connectivity index (χ0n) is 17.7. The predicted molar refractivity (Wildman–Crippen MR) is 117 cm³/mol. The molecular weight excluding hydrogens is 440 g/mol. The molecule has 1 heterocycles. The molecule has 0 radical (unpaired) electrons. The van der Waals surface area contributed by atoms with Crippen molar-refractivity contribution in [1.29, 1.82) is 0 Å². The Hall–Kier alpha value is -2.27. The molecule has 1 amide bonds. The summed E-state index contributed by atoms with van der Waals surface area (Å²) in [4.78, 5) is 12.9. The largest absolute Gasteiger partial charge is 0.379 e. The number of hydrogen-bond acceptors (Lipinski definition) is 6. The number of carbonyl (C=O) groups is 1. The van der Waals surface area contributed by atoms with E-state index in [0.717, 1.165) is 0 Å². The summed E-state index contributed by atoms with van der Waals surface area (Å²) in [5, 5.41) is 2.12. The Bertz CT molecular complexity index is 1170. The van der Waals surface area contributed by atoms with Gasteiger partial charge in [-0.2, -0.15) is 4.31 Å². The van der Waals surface area contributed by atoms with Crippen LogP contribution in [0.15, 0.2) is 52.3 Å². The summed E-state index contributed by atoms with van der Waals surface area (Å²) in [6.07, 6.45) is 0. The molecule has 0 spiro atoms. The lowest BCUT2D eigenvalue weighted by atomic mass is 10.2. The summed E-state index contributed by atoms with van der Waals surface area (Å²) in [7, 11) is -7.14. The third-order valence-electron chi connectivity index (χ3n) is 5.10. The summed E-state index contributed by atoms with van der Waals surface area (Å²) in [6.45, 7) is 6.14. The number of anilines is 1. The molecular formula is C21H26N2O6S2. The van der Waals surface area contributed by atoms with Crippen molar-refractivity contribution in [2.45, 2.75) is 35.8 Å². The minimum Gasteiger partial charge on any atom is -0.379 e. The molecule has 0 saturated carbocycles. The second-order valence-electron chi connectivity index (χ2n) is 7.57. The number of ether oxygens (including phenoxy) is 1. The summed E-state index contributed by atoms with van der Waals surface area (Å²) in [6, 6.07) is 10.4. The molecule has 0 bridgehead atoms. The van der Waals surface area contributed by atoms with E-state index in [1.165, 1.54) is 34.6 Å². The molecule has 0 aliphatic carbocycles. The first kappa shape index (κ1) is 23.4. The SMILES string of the molecule is Cc1ccc(NC(=O)c2ccc(S(=O)(=O)C(C)C)cc2)cc1S(=O)(=O)N1CCOCC1. The number of benzene rings is 2. The molecule has 0 aromatic heterocycles. The van der Waals surface area contributed by atoms with E-state index >= 15 is 0 Å². The lowest BCUT2D eigenvalue weighted by Gasteiger charge is -2.26. The lowest BCUT2D eigenvalue weighted by Crippen LogP contribution is -2.40. The number of rotatable bonds is 6. The molecule has 1 saturated heterocycles. The Morgan fingerprint density at radius 2 is 1.61 bits per heavy atom. The van der Waals surface area contributed by atoms with Crippen molar-refractivity contribution in [2.75, 3.05) is 31.6 Å². The van der Waals surface area contributed by atoms with Crippen molar-refractivity contribution < 1.29 is 26.4 Å². The highest BCUT2D eigenvalue weighted by molar-refractivity contribution is 7.92. The standard InChI is InChI=1S/C21H26N2O6S2/c1-15(2)30(25,26)19-8-5-17(6-9-19)21(24)22-18-7-4-16(3)20(14-18)31(27,28)23-10-12-29-13-11-23/h4-9,14-15H,10-13H2,1-3H3,(H,22,24). The molecule has 8 nitrogen and oxygen atoms in total. The summed E-state index contributed by atoms with van der Waals surface area (Å²) < 4.78 is 57.1. The Kier molecular flexibility index (Phi) is 6.85. The maximum atomic E-state index is 13.0. The van der Waals surface area contributed by atoms with Crippen LogP contribution in [0, 0.1) is 6.92 Å². The van der Waals surface area contributed by atoms with Gasteiger partial charge in [0.2, 0.25) is 10.0 Å². The van der Waals surface area contributed by atoms with Gasteiger partial charge < -0.3 is 10.1 Å². The van der Waals surface area contributed by atoms with E-state index in [9.17, 15) is 21.6 Å². The van der Waals surface area contributed by atoms with Crippen molar-refractivity contribution in [2.24, 2.45) is 0 Å². The monoisotopic (exact) mass is 466 g/mol. The highest BCUT2D eigenvalue weighted by Crippen LogP contribution is 2.25. The fourth-order valence-electron chi connectivity index (χ4n) is 3.15. The van der Waals surface area contributed by atoms with Crippen LogP contribution in [0.2, 0.25) is 0 Å². The Labute approximate surface area is 183 Å². The van der Waals surface area contributed by atoms with E-state index in [1.54, 1.807) is 32.9 Å². The Morgan fingerprint density at radius 1 is 1.00 bits per heavy atom. The Morgan fingerprint density at radius 3 is 2.19 bits per heavy atom. The van der Waals surface area contributed by atoms with Gasteiger partial charge in [-0.05, 0) is 62.7 Å². The average molecular weight is 467 g/mol. The average Bonchev–Trinajstić information content (AvgIpc) is 2.75. The van der Waals surface area contributed by atoms with Crippen LogP contribution in [0.4, 0.5) is 5.69 Å². The van der Waals surface area contributed by atoms with Gasteiger partial charge in [0.05, 0.1) is 28.3 Å². The van der Waals surface area contributed by atoms with Crippen LogP contribution in [0.25, 0.3) is 0 Å². The van der Waals surface area contributed by atoms with Gasteiger partial charge in [0, 0.05) is 24.3 Å². The number of sulfone groups is 1. The van der Waals surface area contributed by atoms with Crippen molar-refractivity contribution >= 4 is 31.5 Å². The van der Waals surface area contributed by atoms with E-state index in [4.69, 9.17) is 4.74 Å². The minimum atomic E-state index is -3.71. The van der Waals surface area contributed by atoms with Crippen LogP contribution in [0.1, 0.15) is 29.8 Å². The van der Waals surface area contributed by atoms with Gasteiger partial charge in [-0.15, -0.1) is 0 Å². The van der Waals surface area contributed by atoms with Gasteiger partial charge in [-0.1, -0.05) is 6.07 Å². The quantitative estimate of drug-likeness (QED) is 0.700. The van der Waals surface area contributed by atoms with Crippen LogP contribution in [0.3, 0.4) is 0 Å². The maximum Gasteiger partial charge on any atom is 0.255 e. The molecule has 31 heavy (non-hydrogen) atoms. The van der Waals surface area contributed by atoms with Crippen LogP contribution in [0.5, 0.6) is 0 Å². The highest BCUT2D eigenvalue weighted by atomic mass is 32.2. The van der Waals surface area contributed by atoms with E-state index in [-0.39, 0.29) is 28.4 Å². The van der Waals surface area contributed by atoms with E-state index < -0.39 is 31.0 Å². The zero-order valence-corrected chi connectivity index (χ0v) is 19.3. The number of nitrogens with zero attached hydrogens (tertiary/aromatic N) is 1. The Balaban J connectivity index is 1.82. The molecule has 3 rings (SSSR count). The zero-order chi connectivity index (χ0) is 22.8. The highest BCUT2D eigenvalue weighted by Gasteiger charge is 2.28. The second-order valence-corrected chi connectivity index (χ2v) is 12.0. The molecule has 1 N–H and O–H groups in total. The molecule has 1 fully saturated rings. The third kappa shape index (κ3) is 4.98. The molecule has 2 aromatic rings. The van der Waals surface area contributed by atoms with Crippen molar-refractivity contribution in [3.63, 3.8) is 0 Å². The fourth-order valence-corrected chi connectivity index (χ4v) is 5.87. The molecule has 1 aliphatic heterocycles. The number of carbonyl (C=O) groups excluding carboxylic acids is 1. The molecule has 0 atom stereocenters. The number of nitrogens with one attached hydrogen (secondary N) is 1. The van der Waals surface area contributed by atoms with Crippen LogP contribution >= 0.6 is 0 Å². The number of hydrogen-bond donors (Lipinski definition) is 1. The van der Waals surface area contributed by atoms with E-state index in [2.05, 4.69) is 5.32 Å². The third-order valence-corrected chi connectivity index (χ3v) is 9.31. The van der Waals surface area contributed by atoms with Gasteiger partial charge in [0.15, 0.2) is 9.84 Å². The first-order chi connectivity index (χ1) is 14.5. The van der Waals surface area contributed by atoms with Gasteiger partial charge in [0.1, 0.15) is 0 Å². The van der Waals surface area contributed by atoms with Gasteiger partial charge >= 0.3 is 0 Å². The van der Waals surface area contributed by atoms with Gasteiger partial charge in [0.25, 0.3) is 5.91 Å². The van der Waals surface area contributed by atoms with Crippen molar-refractivity contribution in [3.05, 3.63) is 53.6 Å². The van der Waals surface area contributed by atoms with E-state index in [1.807, 2.05) is 0 Å². The van der Waals surface area contributed by atoms with Crippen LogP contribution in [-0.4, -0.2) is 58.6 Å². The van der Waals surface area contributed by atoms with Gasteiger partial charge in [-0.3, -0.25) is 4.79 Å². The van der Waals surface area contributed by atoms with Crippen LogP contribution < -0.4 is 5.32 Å². The molecule has 1 aliphatic rings. The van der Waals surface area contributed by atoms with E-state index in [0.29, 0.717) is 24.5 Å². The topological polar surface area (TPSA) is 110 Å². The van der Waals surface area contributed by atoms with Gasteiger partial charge in [-0.25, -0.2) is 16.8 Å². The molecule has 168 valence electrons. The predicted octanol–water partition coefficient (Wildman–Crippen LogP) is 2.45. The number of aryl methyl sites for hydroxylation is 1. The molecule has 10 heteroatoms. The fraction of sp³-hybridized carbons (Fsp3) is 0.381. The summed E-state index contributed by atoms with van der Waals surface area (Å²) in [5.74, 6) is -0.466. The molecule has 0 unspecified atom stereocenters. The number of amides is 1. The maximum absolute atomic E-state index is 13.0. The minimum absolute atomic E-state index is 0.130. The summed E-state index contributed by atoms with van der Waals surface area (Å²) in [5.41, 5.74) is 1.18. The number of sulfonamides is 1. The normalized spacial score (nSPS) is 15.7. The lowest BCUT2D eigenvalue weighted by molar-refractivity contribution is 0.0730. The first-order valence-corrected chi connectivity index (χ1v) is 12.9. The number of morpholine rings is 1.